The minimum absolute atomic E-state index is 0.184. The molecule has 2 heterocycles. The number of hydrogen-bond acceptors (Lipinski definition) is 5. The number of aryl methyl sites for hydroxylation is 1. The van der Waals surface area contributed by atoms with E-state index in [1.807, 2.05) is 31.2 Å². The number of ether oxygens (including phenoxy) is 1. The first-order valence-electron chi connectivity index (χ1n) is 9.71. The minimum atomic E-state index is -0.955. The van der Waals surface area contributed by atoms with Crippen molar-refractivity contribution in [2.45, 2.75) is 20.0 Å². The number of ketones is 1. The van der Waals surface area contributed by atoms with E-state index in [2.05, 4.69) is 10.3 Å². The van der Waals surface area contributed by atoms with Crippen molar-refractivity contribution in [3.8, 4) is 0 Å². The third-order valence-electron chi connectivity index (χ3n) is 4.92. The van der Waals surface area contributed by atoms with E-state index in [0.717, 1.165) is 16.6 Å². The van der Waals surface area contributed by atoms with Crippen molar-refractivity contribution in [3.05, 3.63) is 89.5 Å². The molecule has 4 rings (SSSR count). The van der Waals surface area contributed by atoms with Crippen LogP contribution in [0.25, 0.3) is 10.9 Å². The predicted molar refractivity (Wildman–Crippen MR) is 115 cm³/mol. The van der Waals surface area contributed by atoms with Crippen LogP contribution in [0.2, 0.25) is 0 Å². The second-order valence-corrected chi connectivity index (χ2v) is 7.09. The standard InChI is InChI=1S/C24H20N2O5/c1-14-21(18-6-3-4-7-19(18)25-14)22(27)15(2)31-24(29)16-9-11-17(12-10-16)26-23(28)20-8-5-13-30-20/h3-13,15,25H,1-2H3,(H,26,28)/t15-/m0/s1. The average Bonchev–Trinajstić information content (AvgIpc) is 3.41. The molecule has 0 saturated carbocycles. The number of aromatic nitrogens is 1. The summed E-state index contributed by atoms with van der Waals surface area (Å²) in [5, 5.41) is 3.46. The summed E-state index contributed by atoms with van der Waals surface area (Å²) in [7, 11) is 0. The van der Waals surface area contributed by atoms with Gasteiger partial charge in [0.25, 0.3) is 5.91 Å². The number of carbonyl (C=O) groups is 3. The molecule has 2 N–H and O–H groups in total. The van der Waals surface area contributed by atoms with Gasteiger partial charge in [-0.2, -0.15) is 0 Å². The number of carbonyl (C=O) groups excluding carboxylic acids is 3. The maximum atomic E-state index is 12.9. The van der Waals surface area contributed by atoms with E-state index in [-0.39, 0.29) is 17.1 Å². The van der Waals surface area contributed by atoms with Crippen LogP contribution in [-0.2, 0) is 4.74 Å². The fraction of sp³-hybridized carbons (Fsp3) is 0.125. The molecule has 2 aromatic heterocycles. The fourth-order valence-electron chi connectivity index (χ4n) is 3.37. The van der Waals surface area contributed by atoms with E-state index >= 15 is 0 Å². The lowest BCUT2D eigenvalue weighted by Crippen LogP contribution is -2.25. The number of fused-ring (bicyclic) bond motifs is 1. The molecule has 0 aliphatic heterocycles. The lowest BCUT2D eigenvalue weighted by Gasteiger charge is -2.13. The average molecular weight is 416 g/mol. The topological polar surface area (TPSA) is 101 Å². The maximum absolute atomic E-state index is 12.9. The number of para-hydroxylation sites is 1. The summed E-state index contributed by atoms with van der Waals surface area (Å²) in [6, 6.07) is 16.9. The summed E-state index contributed by atoms with van der Waals surface area (Å²) >= 11 is 0. The molecule has 7 nitrogen and oxygen atoms in total. The summed E-state index contributed by atoms with van der Waals surface area (Å²) in [5.74, 6) is -1.11. The van der Waals surface area contributed by atoms with Crippen molar-refractivity contribution in [1.82, 2.24) is 4.98 Å². The Hall–Kier alpha value is -4.13. The van der Waals surface area contributed by atoms with Gasteiger partial charge in [-0.1, -0.05) is 18.2 Å². The van der Waals surface area contributed by atoms with E-state index in [0.29, 0.717) is 11.3 Å². The van der Waals surface area contributed by atoms with E-state index < -0.39 is 18.0 Å². The summed E-state index contributed by atoms with van der Waals surface area (Å²) in [6.07, 6.45) is 0.456. The summed E-state index contributed by atoms with van der Waals surface area (Å²) in [6.45, 7) is 3.37. The molecule has 4 aromatic rings. The Labute approximate surface area is 178 Å². The highest BCUT2D eigenvalue weighted by Gasteiger charge is 2.25. The molecule has 0 aliphatic carbocycles. The number of furan rings is 1. The lowest BCUT2D eigenvalue weighted by atomic mass is 10.0. The molecule has 1 amide bonds. The van der Waals surface area contributed by atoms with E-state index in [1.54, 1.807) is 31.2 Å². The third-order valence-corrected chi connectivity index (χ3v) is 4.92. The molecule has 0 aliphatic rings. The highest BCUT2D eigenvalue weighted by atomic mass is 16.5. The molecule has 0 unspecified atom stereocenters. The van der Waals surface area contributed by atoms with Crippen LogP contribution in [0.3, 0.4) is 0 Å². The smallest absolute Gasteiger partial charge is 0.338 e. The summed E-state index contributed by atoms with van der Waals surface area (Å²) in [4.78, 5) is 40.6. The zero-order valence-electron chi connectivity index (χ0n) is 17.0. The van der Waals surface area contributed by atoms with Gasteiger partial charge < -0.3 is 19.5 Å². The molecular formula is C24H20N2O5. The molecule has 0 radical (unpaired) electrons. The number of H-pyrrole nitrogens is 1. The number of amides is 1. The monoisotopic (exact) mass is 416 g/mol. The van der Waals surface area contributed by atoms with Crippen LogP contribution in [0.5, 0.6) is 0 Å². The first-order valence-corrected chi connectivity index (χ1v) is 9.71. The fourth-order valence-corrected chi connectivity index (χ4v) is 3.37. The van der Waals surface area contributed by atoms with Gasteiger partial charge in [-0.15, -0.1) is 0 Å². The predicted octanol–water partition coefficient (Wildman–Crippen LogP) is 4.75. The van der Waals surface area contributed by atoms with Gasteiger partial charge in [0.2, 0.25) is 5.78 Å². The first kappa shape index (κ1) is 20.2. The Morgan fingerprint density at radius 2 is 1.74 bits per heavy atom. The lowest BCUT2D eigenvalue weighted by molar-refractivity contribution is 0.0319. The second-order valence-electron chi connectivity index (χ2n) is 7.09. The van der Waals surface area contributed by atoms with Gasteiger partial charge in [-0.25, -0.2) is 4.79 Å². The molecule has 0 bridgehead atoms. The molecule has 2 aromatic carbocycles. The first-order chi connectivity index (χ1) is 14.9. The Bertz CT molecular complexity index is 1250. The molecular weight excluding hydrogens is 396 g/mol. The van der Waals surface area contributed by atoms with Gasteiger partial charge in [0, 0.05) is 27.8 Å². The quantitative estimate of drug-likeness (QED) is 0.349. The molecule has 7 heteroatoms. The molecule has 156 valence electrons. The van der Waals surface area contributed by atoms with Crippen LogP contribution in [0.4, 0.5) is 5.69 Å². The number of anilines is 1. The van der Waals surface area contributed by atoms with E-state index in [1.165, 1.54) is 18.4 Å². The molecule has 0 fully saturated rings. The van der Waals surface area contributed by atoms with Gasteiger partial charge in [-0.3, -0.25) is 9.59 Å². The number of aromatic amines is 1. The van der Waals surface area contributed by atoms with Gasteiger partial charge >= 0.3 is 5.97 Å². The third kappa shape index (κ3) is 4.11. The Morgan fingerprint density at radius 1 is 1.00 bits per heavy atom. The van der Waals surface area contributed by atoms with Gasteiger partial charge in [-0.05, 0) is 56.3 Å². The van der Waals surface area contributed by atoms with Crippen molar-refractivity contribution < 1.29 is 23.5 Å². The van der Waals surface area contributed by atoms with Crippen LogP contribution in [0, 0.1) is 6.92 Å². The van der Waals surface area contributed by atoms with Gasteiger partial charge in [0.1, 0.15) is 0 Å². The summed E-state index contributed by atoms with van der Waals surface area (Å²) < 4.78 is 10.4. The van der Waals surface area contributed by atoms with Crippen molar-refractivity contribution in [3.63, 3.8) is 0 Å². The number of benzene rings is 2. The number of rotatable bonds is 6. The zero-order chi connectivity index (χ0) is 22.0. The highest BCUT2D eigenvalue weighted by molar-refractivity contribution is 6.11. The molecule has 0 spiro atoms. The SMILES string of the molecule is Cc1[nH]c2ccccc2c1C(=O)[C@H](C)OC(=O)c1ccc(NC(=O)c2ccco2)cc1. The molecule has 1 atom stereocenters. The second kappa shape index (κ2) is 8.31. The van der Waals surface area contributed by atoms with E-state index in [4.69, 9.17) is 9.15 Å². The van der Waals surface area contributed by atoms with Crippen LogP contribution >= 0.6 is 0 Å². The minimum Gasteiger partial charge on any atom is -0.459 e. The van der Waals surface area contributed by atoms with Gasteiger partial charge in [0.15, 0.2) is 11.9 Å². The van der Waals surface area contributed by atoms with Crippen LogP contribution in [0.15, 0.2) is 71.3 Å². The number of hydrogen-bond donors (Lipinski definition) is 2. The highest BCUT2D eigenvalue weighted by Crippen LogP contribution is 2.24. The molecule has 31 heavy (non-hydrogen) atoms. The van der Waals surface area contributed by atoms with Crippen LogP contribution < -0.4 is 5.32 Å². The zero-order valence-corrected chi connectivity index (χ0v) is 17.0. The van der Waals surface area contributed by atoms with Crippen molar-refractivity contribution in [2.75, 3.05) is 5.32 Å². The van der Waals surface area contributed by atoms with Crippen molar-refractivity contribution in [2.24, 2.45) is 0 Å². The van der Waals surface area contributed by atoms with Crippen molar-refractivity contribution in [1.29, 1.82) is 0 Å². The largest absolute Gasteiger partial charge is 0.459 e. The summed E-state index contributed by atoms with van der Waals surface area (Å²) in [5.41, 5.74) is 2.87. The van der Waals surface area contributed by atoms with Crippen molar-refractivity contribution >= 4 is 34.3 Å². The Morgan fingerprint density at radius 3 is 2.45 bits per heavy atom. The number of Topliss-reactive ketones (excluding diaryl/α,β-unsaturated/α-hetero) is 1. The van der Waals surface area contributed by atoms with Crippen LogP contribution in [0.1, 0.15) is 43.9 Å². The Balaban J connectivity index is 1.43. The normalized spacial score (nSPS) is 11.8. The maximum Gasteiger partial charge on any atom is 0.338 e. The molecule has 0 saturated heterocycles. The number of esters is 1. The van der Waals surface area contributed by atoms with Crippen LogP contribution in [-0.4, -0.2) is 28.7 Å². The Kier molecular flexibility index (Phi) is 5.41. The van der Waals surface area contributed by atoms with E-state index in [9.17, 15) is 14.4 Å². The number of nitrogens with one attached hydrogen (secondary N) is 2. The van der Waals surface area contributed by atoms with Gasteiger partial charge in [0.05, 0.1) is 11.8 Å².